The number of hydrogen-bond donors (Lipinski definition) is 1. The Morgan fingerprint density at radius 2 is 2.12 bits per heavy atom. The first-order valence-corrected chi connectivity index (χ1v) is 6.48. The summed E-state index contributed by atoms with van der Waals surface area (Å²) in [6, 6.07) is 0. The lowest BCUT2D eigenvalue weighted by Crippen LogP contribution is -2.34. The molecule has 2 N–H and O–H groups in total. The fourth-order valence-electron chi connectivity index (χ4n) is 2.18. The van der Waals surface area contributed by atoms with Crippen molar-refractivity contribution in [2.75, 3.05) is 18.0 Å². The molecule has 0 saturated carbocycles. The minimum Gasteiger partial charge on any atom is -0.388 e. The zero-order valence-corrected chi connectivity index (χ0v) is 10.9. The topological polar surface area (TPSA) is 55.0 Å². The number of nitrogens with two attached hydrogens (primary N) is 1. The lowest BCUT2D eigenvalue weighted by Gasteiger charge is -2.32. The van der Waals surface area contributed by atoms with Gasteiger partial charge >= 0.3 is 0 Å². The Bertz CT molecular complexity index is 382. The van der Waals surface area contributed by atoms with Crippen molar-refractivity contribution in [2.24, 2.45) is 11.7 Å². The van der Waals surface area contributed by atoms with Crippen molar-refractivity contribution < 1.29 is 0 Å². The minimum atomic E-state index is 0.300. The van der Waals surface area contributed by atoms with Crippen molar-refractivity contribution >= 4 is 23.0 Å². The monoisotopic (exact) mass is 250 g/mol. The van der Waals surface area contributed by atoms with Crippen LogP contribution in [0.2, 0.25) is 0 Å². The van der Waals surface area contributed by atoms with E-state index in [1.165, 1.54) is 19.3 Å². The number of aromatic nitrogens is 2. The Morgan fingerprint density at radius 1 is 1.41 bits per heavy atom. The normalized spacial score (nSPS) is 17.1. The van der Waals surface area contributed by atoms with E-state index < -0.39 is 0 Å². The summed E-state index contributed by atoms with van der Waals surface area (Å²) in [6.07, 6.45) is 7.19. The second-order valence-corrected chi connectivity index (χ2v) is 4.90. The predicted octanol–water partition coefficient (Wildman–Crippen LogP) is 1.74. The molecule has 0 radical (unpaired) electrons. The van der Waals surface area contributed by atoms with Gasteiger partial charge in [-0.25, -0.2) is 9.97 Å². The Kier molecular flexibility index (Phi) is 3.89. The number of rotatable bonds is 3. The molecule has 0 aliphatic carbocycles. The molecular formula is C12H18N4S. The third kappa shape index (κ3) is 2.91. The predicted molar refractivity (Wildman–Crippen MR) is 73.1 cm³/mol. The van der Waals surface area contributed by atoms with Crippen LogP contribution in [-0.4, -0.2) is 28.0 Å². The fraction of sp³-hybridized carbons (Fsp3) is 0.583. The summed E-state index contributed by atoms with van der Waals surface area (Å²) in [6.45, 7) is 4.40. The van der Waals surface area contributed by atoms with Gasteiger partial charge in [-0.15, -0.1) is 0 Å². The molecule has 0 aromatic carbocycles. The van der Waals surface area contributed by atoms with Crippen molar-refractivity contribution in [3.63, 3.8) is 0 Å². The minimum absolute atomic E-state index is 0.300. The van der Waals surface area contributed by atoms with Gasteiger partial charge in [0.25, 0.3) is 0 Å². The van der Waals surface area contributed by atoms with Gasteiger partial charge in [-0.3, -0.25) is 0 Å². The van der Waals surface area contributed by atoms with Gasteiger partial charge in [-0.1, -0.05) is 25.6 Å². The van der Waals surface area contributed by atoms with Gasteiger partial charge in [0.15, 0.2) is 0 Å². The Morgan fingerprint density at radius 3 is 2.59 bits per heavy atom. The number of hydrogen-bond acceptors (Lipinski definition) is 4. The molecule has 1 aromatic heterocycles. The molecule has 92 valence electrons. The van der Waals surface area contributed by atoms with E-state index in [1.54, 1.807) is 12.4 Å². The maximum atomic E-state index is 5.49. The van der Waals surface area contributed by atoms with E-state index in [9.17, 15) is 0 Å². The average molecular weight is 250 g/mol. The highest BCUT2D eigenvalue weighted by atomic mass is 32.1. The first kappa shape index (κ1) is 12.2. The molecule has 0 spiro atoms. The zero-order chi connectivity index (χ0) is 12.3. The summed E-state index contributed by atoms with van der Waals surface area (Å²) in [7, 11) is 0. The Labute approximate surface area is 107 Å². The molecule has 4 nitrogen and oxygen atoms in total. The molecule has 1 aliphatic heterocycles. The molecule has 1 aliphatic rings. The van der Waals surface area contributed by atoms with Gasteiger partial charge in [-0.05, 0) is 18.8 Å². The van der Waals surface area contributed by atoms with Crippen LogP contribution in [0.3, 0.4) is 0 Å². The molecule has 1 aromatic rings. The van der Waals surface area contributed by atoms with E-state index >= 15 is 0 Å². The first-order chi connectivity index (χ1) is 8.20. The second-order valence-electron chi connectivity index (χ2n) is 4.46. The van der Waals surface area contributed by atoms with Crippen molar-refractivity contribution in [2.45, 2.75) is 26.2 Å². The van der Waals surface area contributed by atoms with Crippen LogP contribution in [0.15, 0.2) is 12.4 Å². The van der Waals surface area contributed by atoms with E-state index in [4.69, 9.17) is 18.0 Å². The van der Waals surface area contributed by atoms with Crippen molar-refractivity contribution in [1.29, 1.82) is 0 Å². The third-order valence-corrected chi connectivity index (χ3v) is 3.62. The van der Waals surface area contributed by atoms with Crippen LogP contribution in [0, 0.1) is 5.92 Å². The fourth-order valence-corrected chi connectivity index (χ4v) is 2.29. The van der Waals surface area contributed by atoms with E-state index in [0.29, 0.717) is 10.7 Å². The highest BCUT2D eigenvalue weighted by Gasteiger charge is 2.18. The standard InChI is InChI=1S/C12H18N4S/c1-2-9-3-5-16(6-4-9)11-8-14-10(7-15-11)12(13)17/h7-9H,2-6H2,1H3,(H2,13,17). The molecule has 1 saturated heterocycles. The van der Waals surface area contributed by atoms with Gasteiger partial charge in [-0.2, -0.15) is 0 Å². The lowest BCUT2D eigenvalue weighted by atomic mass is 9.94. The molecule has 0 amide bonds. The first-order valence-electron chi connectivity index (χ1n) is 6.07. The molecular weight excluding hydrogens is 232 g/mol. The maximum absolute atomic E-state index is 5.49. The average Bonchev–Trinajstić information content (AvgIpc) is 2.39. The highest BCUT2D eigenvalue weighted by Crippen LogP contribution is 2.23. The molecule has 0 bridgehead atoms. The van der Waals surface area contributed by atoms with Gasteiger partial charge in [0.05, 0.1) is 12.4 Å². The summed E-state index contributed by atoms with van der Waals surface area (Å²) < 4.78 is 0. The molecule has 0 atom stereocenters. The van der Waals surface area contributed by atoms with Crippen molar-refractivity contribution in [3.8, 4) is 0 Å². The Balaban J connectivity index is 2.01. The van der Waals surface area contributed by atoms with Gasteiger partial charge in [0.2, 0.25) is 0 Å². The second kappa shape index (κ2) is 5.40. The van der Waals surface area contributed by atoms with Crippen LogP contribution in [-0.2, 0) is 0 Å². The highest BCUT2D eigenvalue weighted by molar-refractivity contribution is 7.80. The number of anilines is 1. The van der Waals surface area contributed by atoms with Crippen molar-refractivity contribution in [3.05, 3.63) is 18.1 Å². The Hall–Kier alpha value is -1.23. The van der Waals surface area contributed by atoms with Crippen LogP contribution in [0.25, 0.3) is 0 Å². The van der Waals surface area contributed by atoms with Crippen LogP contribution in [0.5, 0.6) is 0 Å². The maximum Gasteiger partial charge on any atom is 0.147 e. The SMILES string of the molecule is CCC1CCN(c2cnc(C(N)=S)cn2)CC1. The van der Waals surface area contributed by atoms with Crippen LogP contribution < -0.4 is 10.6 Å². The molecule has 1 fully saturated rings. The van der Waals surface area contributed by atoms with E-state index in [-0.39, 0.29) is 0 Å². The number of piperidine rings is 1. The summed E-state index contributed by atoms with van der Waals surface area (Å²) in [5, 5.41) is 0. The summed E-state index contributed by atoms with van der Waals surface area (Å²) in [4.78, 5) is 11.2. The number of nitrogens with zero attached hydrogens (tertiary/aromatic N) is 3. The van der Waals surface area contributed by atoms with Crippen LogP contribution in [0.4, 0.5) is 5.82 Å². The summed E-state index contributed by atoms with van der Waals surface area (Å²) >= 11 is 4.85. The summed E-state index contributed by atoms with van der Waals surface area (Å²) in [5.41, 5.74) is 6.08. The van der Waals surface area contributed by atoms with E-state index in [2.05, 4.69) is 21.8 Å². The quantitative estimate of drug-likeness (QED) is 0.828. The van der Waals surface area contributed by atoms with E-state index in [0.717, 1.165) is 24.8 Å². The molecule has 2 heterocycles. The van der Waals surface area contributed by atoms with Crippen LogP contribution >= 0.6 is 12.2 Å². The van der Waals surface area contributed by atoms with Crippen LogP contribution in [0.1, 0.15) is 31.9 Å². The molecule has 0 unspecified atom stereocenters. The van der Waals surface area contributed by atoms with Gasteiger partial charge in [0, 0.05) is 13.1 Å². The molecule has 17 heavy (non-hydrogen) atoms. The van der Waals surface area contributed by atoms with Crippen molar-refractivity contribution in [1.82, 2.24) is 9.97 Å². The third-order valence-electron chi connectivity index (χ3n) is 3.41. The number of thiocarbonyl (C=S) groups is 1. The lowest BCUT2D eigenvalue weighted by molar-refractivity contribution is 0.393. The summed E-state index contributed by atoms with van der Waals surface area (Å²) in [5.74, 6) is 1.80. The molecule has 5 heteroatoms. The smallest absolute Gasteiger partial charge is 0.147 e. The van der Waals surface area contributed by atoms with E-state index in [1.807, 2.05) is 0 Å². The molecule has 2 rings (SSSR count). The van der Waals surface area contributed by atoms with Gasteiger partial charge < -0.3 is 10.6 Å². The largest absolute Gasteiger partial charge is 0.388 e. The van der Waals surface area contributed by atoms with Gasteiger partial charge in [0.1, 0.15) is 16.5 Å². The zero-order valence-electron chi connectivity index (χ0n) is 10.1.